The lowest BCUT2D eigenvalue weighted by Gasteiger charge is -2.49. The Kier molecular flexibility index (Phi) is 5.68. The lowest BCUT2D eigenvalue weighted by Crippen LogP contribution is -2.55. The number of likely N-dealkylation sites (N-methyl/N-ethyl adjacent to an activating group) is 1. The smallest absolute Gasteiger partial charge is 0.312 e. The van der Waals surface area contributed by atoms with E-state index >= 15 is 0 Å². The van der Waals surface area contributed by atoms with Gasteiger partial charge in [-0.2, -0.15) is 0 Å². The first-order valence-corrected chi connectivity index (χ1v) is 9.59. The van der Waals surface area contributed by atoms with Crippen molar-refractivity contribution in [2.75, 3.05) is 32.7 Å². The van der Waals surface area contributed by atoms with Crippen LogP contribution in [0.3, 0.4) is 0 Å². The maximum absolute atomic E-state index is 12.9. The van der Waals surface area contributed by atoms with Gasteiger partial charge in [0.25, 0.3) is 0 Å². The minimum Gasteiger partial charge on any atom is -0.352 e. The number of benzene rings is 1. The summed E-state index contributed by atoms with van der Waals surface area (Å²) in [6.45, 7) is 4.71. The SMILES string of the molecule is CCN1CC2(CCN(C(=O)CNC(N)=O)CC2)CC(c2ccccc2)C1=O. The van der Waals surface area contributed by atoms with E-state index in [9.17, 15) is 14.4 Å². The van der Waals surface area contributed by atoms with Crippen LogP contribution in [0.15, 0.2) is 30.3 Å². The Bertz CT molecular complexity index is 698. The van der Waals surface area contributed by atoms with Crippen LogP contribution in [0.2, 0.25) is 0 Å². The van der Waals surface area contributed by atoms with E-state index in [1.807, 2.05) is 42.2 Å². The third-order valence-electron chi connectivity index (χ3n) is 5.95. The van der Waals surface area contributed by atoms with E-state index < -0.39 is 6.03 Å². The van der Waals surface area contributed by atoms with Gasteiger partial charge in [0.1, 0.15) is 0 Å². The molecule has 3 N–H and O–H groups in total. The molecule has 7 heteroatoms. The second-order valence-corrected chi connectivity index (χ2v) is 7.62. The fraction of sp³-hybridized carbons (Fsp3) is 0.550. The summed E-state index contributed by atoms with van der Waals surface area (Å²) in [4.78, 5) is 39.7. The summed E-state index contributed by atoms with van der Waals surface area (Å²) in [6, 6.07) is 9.30. The number of nitrogens with zero attached hydrogens (tertiary/aromatic N) is 2. The molecule has 27 heavy (non-hydrogen) atoms. The predicted molar refractivity (Wildman–Crippen MR) is 102 cm³/mol. The van der Waals surface area contributed by atoms with Crippen LogP contribution in [0.25, 0.3) is 0 Å². The van der Waals surface area contributed by atoms with Crippen molar-refractivity contribution in [2.45, 2.75) is 32.1 Å². The summed E-state index contributed by atoms with van der Waals surface area (Å²) in [5, 5.41) is 2.36. The molecule has 0 aromatic heterocycles. The first kappa shape index (κ1) is 19.2. The fourth-order valence-electron chi connectivity index (χ4n) is 4.37. The number of primary amides is 1. The molecule has 2 heterocycles. The molecule has 2 saturated heterocycles. The van der Waals surface area contributed by atoms with Gasteiger partial charge in [0.05, 0.1) is 12.5 Å². The molecular formula is C20H28N4O3. The molecule has 4 amide bonds. The molecule has 0 saturated carbocycles. The van der Waals surface area contributed by atoms with E-state index in [4.69, 9.17) is 5.73 Å². The molecule has 1 spiro atoms. The Hall–Kier alpha value is -2.57. The number of rotatable bonds is 4. The normalized spacial score (nSPS) is 22.0. The largest absolute Gasteiger partial charge is 0.352 e. The molecular weight excluding hydrogens is 344 g/mol. The lowest BCUT2D eigenvalue weighted by atomic mass is 9.67. The van der Waals surface area contributed by atoms with Gasteiger partial charge < -0.3 is 20.9 Å². The summed E-state index contributed by atoms with van der Waals surface area (Å²) < 4.78 is 0. The Morgan fingerprint density at radius 1 is 1.22 bits per heavy atom. The number of carbonyl (C=O) groups is 3. The van der Waals surface area contributed by atoms with Crippen LogP contribution in [0.5, 0.6) is 0 Å². The Balaban J connectivity index is 1.70. The second-order valence-electron chi connectivity index (χ2n) is 7.62. The number of carbonyl (C=O) groups excluding carboxylic acids is 3. The zero-order valence-electron chi connectivity index (χ0n) is 15.8. The number of amides is 4. The molecule has 146 valence electrons. The van der Waals surface area contributed by atoms with E-state index in [-0.39, 0.29) is 29.7 Å². The molecule has 2 fully saturated rings. The zero-order chi connectivity index (χ0) is 19.4. The van der Waals surface area contributed by atoms with Crippen LogP contribution >= 0.6 is 0 Å². The molecule has 0 aliphatic carbocycles. The minimum atomic E-state index is -0.688. The topological polar surface area (TPSA) is 95.7 Å². The maximum atomic E-state index is 12.9. The lowest BCUT2D eigenvalue weighted by molar-refractivity contribution is -0.144. The Morgan fingerprint density at radius 2 is 1.89 bits per heavy atom. The first-order chi connectivity index (χ1) is 12.9. The summed E-state index contributed by atoms with van der Waals surface area (Å²) in [5.74, 6) is -0.0142. The molecule has 7 nitrogen and oxygen atoms in total. The summed E-state index contributed by atoms with van der Waals surface area (Å²) >= 11 is 0. The molecule has 2 aliphatic rings. The number of likely N-dealkylation sites (tertiary alicyclic amines) is 2. The van der Waals surface area contributed by atoms with E-state index in [2.05, 4.69) is 5.32 Å². The van der Waals surface area contributed by atoms with Gasteiger partial charge in [-0.15, -0.1) is 0 Å². The van der Waals surface area contributed by atoms with Gasteiger partial charge in [-0.3, -0.25) is 9.59 Å². The Morgan fingerprint density at radius 3 is 2.48 bits per heavy atom. The predicted octanol–water partition coefficient (Wildman–Crippen LogP) is 1.30. The zero-order valence-corrected chi connectivity index (χ0v) is 15.8. The average Bonchev–Trinajstić information content (AvgIpc) is 2.69. The van der Waals surface area contributed by atoms with Gasteiger partial charge >= 0.3 is 6.03 Å². The number of nitrogens with one attached hydrogen (secondary N) is 1. The third kappa shape index (κ3) is 4.23. The highest BCUT2D eigenvalue weighted by molar-refractivity contribution is 5.85. The molecule has 2 aliphatic heterocycles. The first-order valence-electron chi connectivity index (χ1n) is 9.59. The number of urea groups is 1. The molecule has 1 aromatic carbocycles. The van der Waals surface area contributed by atoms with Crippen molar-refractivity contribution in [3.8, 4) is 0 Å². The van der Waals surface area contributed by atoms with Crippen molar-refractivity contribution in [1.82, 2.24) is 15.1 Å². The van der Waals surface area contributed by atoms with Crippen LogP contribution in [-0.2, 0) is 9.59 Å². The van der Waals surface area contributed by atoms with E-state index in [0.717, 1.165) is 31.4 Å². The number of piperidine rings is 2. The van der Waals surface area contributed by atoms with E-state index in [1.165, 1.54) is 0 Å². The van der Waals surface area contributed by atoms with Gasteiger partial charge in [0.15, 0.2) is 0 Å². The average molecular weight is 372 g/mol. The van der Waals surface area contributed by atoms with Crippen LogP contribution in [0, 0.1) is 5.41 Å². The monoisotopic (exact) mass is 372 g/mol. The van der Waals surface area contributed by atoms with Crippen molar-refractivity contribution in [3.05, 3.63) is 35.9 Å². The number of hydrogen-bond donors (Lipinski definition) is 2. The third-order valence-corrected chi connectivity index (χ3v) is 5.95. The molecule has 3 rings (SSSR count). The van der Waals surface area contributed by atoms with Gasteiger partial charge in [-0.1, -0.05) is 30.3 Å². The van der Waals surface area contributed by atoms with Gasteiger partial charge in [0, 0.05) is 26.2 Å². The van der Waals surface area contributed by atoms with Crippen molar-refractivity contribution in [2.24, 2.45) is 11.1 Å². The second kappa shape index (κ2) is 7.98. The molecule has 1 aromatic rings. The van der Waals surface area contributed by atoms with Gasteiger partial charge in [0.2, 0.25) is 11.8 Å². The van der Waals surface area contributed by atoms with E-state index in [0.29, 0.717) is 19.6 Å². The van der Waals surface area contributed by atoms with Crippen LogP contribution in [-0.4, -0.2) is 60.4 Å². The van der Waals surface area contributed by atoms with Crippen molar-refractivity contribution < 1.29 is 14.4 Å². The highest BCUT2D eigenvalue weighted by Crippen LogP contribution is 2.45. The Labute approximate surface area is 159 Å². The molecule has 0 bridgehead atoms. The quantitative estimate of drug-likeness (QED) is 0.834. The molecule has 1 unspecified atom stereocenters. The maximum Gasteiger partial charge on any atom is 0.312 e. The van der Waals surface area contributed by atoms with Crippen LogP contribution < -0.4 is 11.1 Å². The summed E-state index contributed by atoms with van der Waals surface area (Å²) in [5.41, 5.74) is 6.15. The van der Waals surface area contributed by atoms with Crippen LogP contribution in [0.1, 0.15) is 37.7 Å². The van der Waals surface area contributed by atoms with E-state index in [1.54, 1.807) is 4.90 Å². The molecule has 0 radical (unpaired) electrons. The van der Waals surface area contributed by atoms with Gasteiger partial charge in [-0.05, 0) is 37.2 Å². The standard InChI is InChI=1S/C20H28N4O3/c1-2-23-14-20(12-16(18(23)26)15-6-4-3-5-7-15)8-10-24(11-9-20)17(25)13-22-19(21)27/h3-7,16H,2,8-14H2,1H3,(H3,21,22,27). The van der Waals surface area contributed by atoms with Gasteiger partial charge in [-0.25, -0.2) is 4.79 Å². The van der Waals surface area contributed by atoms with Crippen molar-refractivity contribution in [1.29, 1.82) is 0 Å². The number of hydrogen-bond acceptors (Lipinski definition) is 3. The fourth-order valence-corrected chi connectivity index (χ4v) is 4.37. The minimum absolute atomic E-state index is 0.0400. The highest BCUT2D eigenvalue weighted by atomic mass is 16.2. The van der Waals surface area contributed by atoms with Crippen molar-refractivity contribution in [3.63, 3.8) is 0 Å². The van der Waals surface area contributed by atoms with Crippen molar-refractivity contribution >= 4 is 17.8 Å². The van der Waals surface area contributed by atoms with Crippen LogP contribution in [0.4, 0.5) is 4.79 Å². The summed E-state index contributed by atoms with van der Waals surface area (Å²) in [7, 11) is 0. The summed E-state index contributed by atoms with van der Waals surface area (Å²) in [6.07, 6.45) is 2.55. The molecule has 1 atom stereocenters. The highest BCUT2D eigenvalue weighted by Gasteiger charge is 2.46. The number of nitrogens with two attached hydrogens (primary N) is 1.